The van der Waals surface area contributed by atoms with Crippen molar-refractivity contribution in [1.82, 2.24) is 4.90 Å². The summed E-state index contributed by atoms with van der Waals surface area (Å²) in [4.78, 5) is 13.9. The van der Waals surface area contributed by atoms with Gasteiger partial charge in [-0.3, -0.25) is 9.69 Å². The number of nitrogens with zero attached hydrogens (tertiary/aromatic N) is 2. The fourth-order valence-electron chi connectivity index (χ4n) is 0.100. The lowest BCUT2D eigenvalue weighted by atomic mass is 10.9. The smallest absolute Gasteiger partial charge is 0.329 e. The molecule has 0 aromatic rings. The van der Waals surface area contributed by atoms with Crippen LogP contribution in [0.4, 0.5) is 4.79 Å². The summed E-state index contributed by atoms with van der Waals surface area (Å²) in [6, 6.07) is -0.528. The minimum Gasteiger partial charge on any atom is -0.329 e. The van der Waals surface area contributed by atoms with Gasteiger partial charge in [-0.15, -0.1) is 0 Å². The molecule has 0 saturated carbocycles. The first-order valence-corrected chi connectivity index (χ1v) is 1.77. The van der Waals surface area contributed by atoms with E-state index in [0.717, 1.165) is 0 Å². The molecule has 0 spiro atoms. The summed E-state index contributed by atoms with van der Waals surface area (Å²) in [5.74, 6) is 0. The maximum absolute atomic E-state index is 10.1. The Kier molecular flexibility index (Phi) is 1.86. The maximum Gasteiger partial charge on any atom is 0.437 e. The summed E-state index contributed by atoms with van der Waals surface area (Å²) in [7, 11) is 3.08. The largest absolute Gasteiger partial charge is 0.437 e. The molecule has 0 saturated heterocycles. The van der Waals surface area contributed by atoms with E-state index in [9.17, 15) is 4.79 Å². The average Bonchev–Trinajstić information content (AvgIpc) is 1.65. The van der Waals surface area contributed by atoms with Gasteiger partial charge in [0.1, 0.15) is 0 Å². The molecule has 7 heavy (non-hydrogen) atoms. The predicted octanol–water partition coefficient (Wildman–Crippen LogP) is 0.587. The third-order valence-electron chi connectivity index (χ3n) is 0.478. The third kappa shape index (κ3) is 1.77. The molecule has 0 fully saturated rings. The van der Waals surface area contributed by atoms with Gasteiger partial charge in [-0.1, -0.05) is 6.57 Å². The summed E-state index contributed by atoms with van der Waals surface area (Å²) in [5.41, 5.74) is 0. The van der Waals surface area contributed by atoms with Crippen molar-refractivity contribution in [2.45, 2.75) is 0 Å². The van der Waals surface area contributed by atoms with Crippen LogP contribution in [-0.2, 0) is 0 Å². The molecular weight excluding hydrogens is 92.1 g/mol. The summed E-state index contributed by atoms with van der Waals surface area (Å²) in [6.07, 6.45) is 0. The highest BCUT2D eigenvalue weighted by Crippen LogP contribution is 1.79. The molecule has 0 heterocycles. The number of hydrogen-bond donors (Lipinski definition) is 0. The van der Waals surface area contributed by atoms with Gasteiger partial charge in [-0.05, 0) is 0 Å². The van der Waals surface area contributed by atoms with Crippen LogP contribution in [0.15, 0.2) is 0 Å². The van der Waals surface area contributed by atoms with Gasteiger partial charge in [-0.2, -0.15) is 0 Å². The van der Waals surface area contributed by atoms with E-state index >= 15 is 0 Å². The molecule has 0 N–H and O–H groups in total. The van der Waals surface area contributed by atoms with Crippen molar-refractivity contribution in [2.24, 2.45) is 0 Å². The van der Waals surface area contributed by atoms with E-state index in [1.165, 1.54) is 4.90 Å². The molecule has 0 rings (SSSR count). The standard InChI is InChI=1S/C4H6N2O/c1-5-4(7)6(2)3/h2-3H3. The zero-order chi connectivity index (χ0) is 5.86. The molecular formula is C4H6N2O. The van der Waals surface area contributed by atoms with Crippen molar-refractivity contribution >= 4 is 6.03 Å². The van der Waals surface area contributed by atoms with E-state index in [1.54, 1.807) is 14.1 Å². The molecule has 0 bridgehead atoms. The van der Waals surface area contributed by atoms with Gasteiger partial charge in [0.15, 0.2) is 0 Å². The molecule has 0 atom stereocenters. The number of carbonyl (C=O) groups is 1. The number of urea groups is 1. The van der Waals surface area contributed by atoms with E-state index in [1.807, 2.05) is 0 Å². The number of hydrogen-bond acceptors (Lipinski definition) is 1. The van der Waals surface area contributed by atoms with Crippen LogP contribution < -0.4 is 0 Å². The Morgan fingerprint density at radius 3 is 2.14 bits per heavy atom. The molecule has 3 nitrogen and oxygen atoms in total. The van der Waals surface area contributed by atoms with E-state index in [0.29, 0.717) is 0 Å². The van der Waals surface area contributed by atoms with Crippen molar-refractivity contribution < 1.29 is 4.79 Å². The Morgan fingerprint density at radius 2 is 2.14 bits per heavy atom. The molecule has 0 unspecified atom stereocenters. The van der Waals surface area contributed by atoms with Crippen molar-refractivity contribution in [3.05, 3.63) is 11.4 Å². The monoisotopic (exact) mass is 98.0 g/mol. The van der Waals surface area contributed by atoms with Crippen LogP contribution >= 0.6 is 0 Å². The highest BCUT2D eigenvalue weighted by Gasteiger charge is 1.96. The molecule has 3 heteroatoms. The summed E-state index contributed by atoms with van der Waals surface area (Å²) in [5, 5.41) is 0. The van der Waals surface area contributed by atoms with Crippen LogP contribution in [0.3, 0.4) is 0 Å². The summed E-state index contributed by atoms with van der Waals surface area (Å²) < 4.78 is 0. The summed E-state index contributed by atoms with van der Waals surface area (Å²) in [6.45, 7) is 6.17. The zero-order valence-corrected chi connectivity index (χ0v) is 4.30. The highest BCUT2D eigenvalue weighted by atomic mass is 16.2. The molecule has 0 aliphatic carbocycles. The van der Waals surface area contributed by atoms with Gasteiger partial charge < -0.3 is 4.85 Å². The number of amides is 2. The molecule has 0 radical (unpaired) electrons. The molecule has 2 amide bonds. The second-order valence-electron chi connectivity index (χ2n) is 1.29. The lowest BCUT2D eigenvalue weighted by molar-refractivity contribution is 0.234. The SMILES string of the molecule is [C-]#[N+]C(=O)N(C)C. The van der Waals surface area contributed by atoms with Crippen LogP contribution in [0, 0.1) is 6.57 Å². The first-order valence-electron chi connectivity index (χ1n) is 1.77. The van der Waals surface area contributed by atoms with E-state index in [2.05, 4.69) is 4.85 Å². The van der Waals surface area contributed by atoms with Crippen molar-refractivity contribution in [2.75, 3.05) is 14.1 Å². The Balaban J connectivity index is 3.64. The van der Waals surface area contributed by atoms with Crippen molar-refractivity contribution in [3.8, 4) is 0 Å². The van der Waals surface area contributed by atoms with Gasteiger partial charge in [0, 0.05) is 0 Å². The van der Waals surface area contributed by atoms with Crippen molar-refractivity contribution in [3.63, 3.8) is 0 Å². The quantitative estimate of drug-likeness (QED) is 0.407. The Morgan fingerprint density at radius 1 is 1.71 bits per heavy atom. The van der Waals surface area contributed by atoms with Gasteiger partial charge in [-0.25, -0.2) is 0 Å². The second-order valence-corrected chi connectivity index (χ2v) is 1.29. The minimum atomic E-state index is -0.528. The Bertz CT molecular complexity index is 111. The molecule has 0 aromatic carbocycles. The first kappa shape index (κ1) is 5.96. The van der Waals surface area contributed by atoms with E-state index in [4.69, 9.17) is 6.57 Å². The average molecular weight is 98.1 g/mol. The fourth-order valence-corrected chi connectivity index (χ4v) is 0.100. The minimum absolute atomic E-state index is 0.528. The topological polar surface area (TPSA) is 24.7 Å². The number of carbonyl (C=O) groups excluding carboxylic acids is 1. The van der Waals surface area contributed by atoms with Crippen LogP contribution in [-0.4, -0.2) is 25.0 Å². The number of rotatable bonds is 0. The highest BCUT2D eigenvalue weighted by molar-refractivity contribution is 5.83. The van der Waals surface area contributed by atoms with Crippen molar-refractivity contribution in [1.29, 1.82) is 0 Å². The van der Waals surface area contributed by atoms with Crippen LogP contribution in [0.5, 0.6) is 0 Å². The van der Waals surface area contributed by atoms with Gasteiger partial charge in [0.2, 0.25) is 0 Å². The Labute approximate surface area is 42.4 Å². The molecule has 0 aromatic heterocycles. The normalized spacial score (nSPS) is 7.00. The predicted molar refractivity (Wildman–Crippen MR) is 25.7 cm³/mol. The molecule has 38 valence electrons. The van der Waals surface area contributed by atoms with E-state index < -0.39 is 6.03 Å². The Hall–Kier alpha value is -1.04. The van der Waals surface area contributed by atoms with Crippen LogP contribution in [0.2, 0.25) is 0 Å². The van der Waals surface area contributed by atoms with Crippen LogP contribution in [0.25, 0.3) is 4.85 Å². The van der Waals surface area contributed by atoms with Gasteiger partial charge in [0.25, 0.3) is 0 Å². The third-order valence-corrected chi connectivity index (χ3v) is 0.478. The molecule has 0 aliphatic heterocycles. The molecule has 0 aliphatic rings. The second kappa shape index (κ2) is 2.19. The van der Waals surface area contributed by atoms with Crippen LogP contribution in [0.1, 0.15) is 0 Å². The zero-order valence-electron chi connectivity index (χ0n) is 4.30. The van der Waals surface area contributed by atoms with Gasteiger partial charge >= 0.3 is 6.03 Å². The fraction of sp³-hybridized carbons (Fsp3) is 0.500. The van der Waals surface area contributed by atoms with Gasteiger partial charge in [0.05, 0.1) is 14.1 Å². The lowest BCUT2D eigenvalue weighted by Gasteiger charge is -1.97. The maximum atomic E-state index is 10.1. The summed E-state index contributed by atoms with van der Waals surface area (Å²) >= 11 is 0. The lowest BCUT2D eigenvalue weighted by Crippen LogP contribution is -2.15. The first-order chi connectivity index (χ1) is 3.18. The van der Waals surface area contributed by atoms with E-state index in [-0.39, 0.29) is 0 Å².